The van der Waals surface area contributed by atoms with Crippen LogP contribution in [0.2, 0.25) is 0 Å². The molecule has 3 N–H and O–H groups in total. The summed E-state index contributed by atoms with van der Waals surface area (Å²) < 4.78 is 5.13. The highest BCUT2D eigenvalue weighted by Crippen LogP contribution is 2.29. The summed E-state index contributed by atoms with van der Waals surface area (Å²) in [6, 6.07) is 4.09. The van der Waals surface area contributed by atoms with Crippen LogP contribution in [0.3, 0.4) is 0 Å². The number of aromatic carboxylic acids is 1. The van der Waals surface area contributed by atoms with Crippen LogP contribution < -0.4 is 15.4 Å². The van der Waals surface area contributed by atoms with Gasteiger partial charge in [-0.3, -0.25) is 0 Å². The van der Waals surface area contributed by atoms with Crippen molar-refractivity contribution in [1.82, 2.24) is 5.32 Å². The number of hydrogen-bond donors (Lipinski definition) is 3. The van der Waals surface area contributed by atoms with Gasteiger partial charge in [-0.2, -0.15) is 0 Å². The fourth-order valence-electron chi connectivity index (χ4n) is 2.36. The van der Waals surface area contributed by atoms with E-state index in [9.17, 15) is 9.59 Å². The van der Waals surface area contributed by atoms with Gasteiger partial charge in [0.15, 0.2) is 0 Å². The monoisotopic (exact) mass is 292 g/mol. The highest BCUT2D eigenvalue weighted by molar-refractivity contribution is 5.94. The Morgan fingerprint density at radius 3 is 2.62 bits per heavy atom. The fraction of sp³-hybridized carbons (Fsp3) is 0.467. The molecule has 1 fully saturated rings. The third kappa shape index (κ3) is 3.65. The highest BCUT2D eigenvalue weighted by Gasteiger charge is 2.25. The fourth-order valence-corrected chi connectivity index (χ4v) is 2.36. The van der Waals surface area contributed by atoms with Crippen LogP contribution >= 0.6 is 0 Å². The van der Waals surface area contributed by atoms with E-state index in [1.54, 1.807) is 0 Å². The summed E-state index contributed by atoms with van der Waals surface area (Å²) in [5.74, 6) is -0.0987. The van der Waals surface area contributed by atoms with Crippen LogP contribution in [-0.2, 0) is 0 Å². The van der Waals surface area contributed by atoms with Gasteiger partial charge in [0.25, 0.3) is 0 Å². The molecule has 1 aliphatic carbocycles. The molecule has 0 saturated heterocycles. The number of nitrogens with one attached hydrogen (secondary N) is 2. The summed E-state index contributed by atoms with van der Waals surface area (Å²) >= 11 is 0. The van der Waals surface area contributed by atoms with Crippen molar-refractivity contribution in [3.63, 3.8) is 0 Å². The maximum Gasteiger partial charge on any atom is 0.335 e. The van der Waals surface area contributed by atoms with Crippen molar-refractivity contribution >= 4 is 17.7 Å². The minimum atomic E-state index is -1.05. The molecule has 1 aromatic carbocycles. The largest absolute Gasteiger partial charge is 0.495 e. The summed E-state index contributed by atoms with van der Waals surface area (Å²) in [6.45, 7) is 1.98. The number of urea groups is 1. The average molecular weight is 292 g/mol. The van der Waals surface area contributed by atoms with Crippen LogP contribution in [-0.4, -0.2) is 30.3 Å². The first kappa shape index (κ1) is 15.2. The van der Waals surface area contributed by atoms with Gasteiger partial charge in [-0.15, -0.1) is 0 Å². The smallest absolute Gasteiger partial charge is 0.335 e. The summed E-state index contributed by atoms with van der Waals surface area (Å²) in [7, 11) is 1.47. The molecule has 1 unspecified atom stereocenters. The molecule has 0 spiro atoms. The van der Waals surface area contributed by atoms with Gasteiger partial charge in [0.1, 0.15) is 5.75 Å². The van der Waals surface area contributed by atoms with Crippen molar-refractivity contribution in [1.29, 1.82) is 0 Å². The first-order valence-electron chi connectivity index (χ1n) is 7.00. The van der Waals surface area contributed by atoms with Crippen LogP contribution in [0.25, 0.3) is 0 Å². The molecule has 114 valence electrons. The number of carbonyl (C=O) groups is 2. The summed E-state index contributed by atoms with van der Waals surface area (Å²) in [6.07, 6.45) is 3.49. The van der Waals surface area contributed by atoms with E-state index in [2.05, 4.69) is 10.6 Å². The third-order valence-electron chi connectivity index (χ3n) is 3.91. The van der Waals surface area contributed by atoms with Crippen molar-refractivity contribution in [2.45, 2.75) is 32.2 Å². The van der Waals surface area contributed by atoms with E-state index >= 15 is 0 Å². The molecule has 6 heteroatoms. The standard InChI is InChI=1S/C15H20N2O4/c1-9(10-4-3-5-10)16-15(20)17-12-8-11(14(18)19)6-7-13(12)21-2/h6-10H,3-5H2,1-2H3,(H,18,19)(H2,16,17,20). The molecule has 0 radical (unpaired) electrons. The molecule has 0 aliphatic heterocycles. The number of anilines is 1. The predicted octanol–water partition coefficient (Wildman–Crippen LogP) is 2.70. The van der Waals surface area contributed by atoms with Gasteiger partial charge in [0.2, 0.25) is 0 Å². The zero-order valence-electron chi connectivity index (χ0n) is 12.2. The number of carbonyl (C=O) groups excluding carboxylic acids is 1. The van der Waals surface area contributed by atoms with E-state index in [-0.39, 0.29) is 17.6 Å². The zero-order valence-corrected chi connectivity index (χ0v) is 12.2. The summed E-state index contributed by atoms with van der Waals surface area (Å²) in [5.41, 5.74) is 0.439. The van der Waals surface area contributed by atoms with Crippen molar-refractivity contribution in [3.8, 4) is 5.75 Å². The van der Waals surface area contributed by atoms with Crippen molar-refractivity contribution in [3.05, 3.63) is 23.8 Å². The average Bonchev–Trinajstić information content (AvgIpc) is 2.35. The molecule has 1 aliphatic rings. The molecule has 21 heavy (non-hydrogen) atoms. The Balaban J connectivity index is 2.04. The molecular weight excluding hydrogens is 272 g/mol. The molecule has 2 rings (SSSR count). The molecule has 0 bridgehead atoms. The van der Waals surface area contributed by atoms with Gasteiger partial charge >= 0.3 is 12.0 Å². The molecule has 2 amide bonds. The first-order valence-corrected chi connectivity index (χ1v) is 7.00. The van der Waals surface area contributed by atoms with E-state index in [0.717, 1.165) is 12.8 Å². The Morgan fingerprint density at radius 2 is 2.10 bits per heavy atom. The van der Waals surface area contributed by atoms with Crippen molar-refractivity contribution < 1.29 is 19.4 Å². The van der Waals surface area contributed by atoms with Gasteiger partial charge in [-0.25, -0.2) is 9.59 Å². The summed E-state index contributed by atoms with van der Waals surface area (Å²) in [5, 5.41) is 14.5. The second-order valence-corrected chi connectivity index (χ2v) is 5.30. The van der Waals surface area contributed by atoms with Crippen LogP contribution in [0.15, 0.2) is 18.2 Å². The van der Waals surface area contributed by atoms with E-state index in [1.165, 1.54) is 31.7 Å². The number of rotatable bonds is 5. The van der Waals surface area contributed by atoms with Crippen LogP contribution in [0.5, 0.6) is 5.75 Å². The Labute approximate surface area is 123 Å². The van der Waals surface area contributed by atoms with E-state index in [0.29, 0.717) is 17.4 Å². The van der Waals surface area contributed by atoms with E-state index in [4.69, 9.17) is 9.84 Å². The minimum absolute atomic E-state index is 0.0955. The first-order chi connectivity index (χ1) is 10.0. The molecule has 1 atom stereocenters. The lowest BCUT2D eigenvalue weighted by molar-refractivity contribution is 0.0697. The molecular formula is C15H20N2O4. The summed E-state index contributed by atoms with van der Waals surface area (Å²) in [4.78, 5) is 23.0. The predicted molar refractivity (Wildman–Crippen MR) is 78.9 cm³/mol. The number of methoxy groups -OCH3 is 1. The highest BCUT2D eigenvalue weighted by atomic mass is 16.5. The van der Waals surface area contributed by atoms with Gasteiger partial charge in [-0.05, 0) is 43.9 Å². The van der Waals surface area contributed by atoms with Gasteiger partial charge in [0.05, 0.1) is 18.4 Å². The van der Waals surface area contributed by atoms with E-state index in [1.807, 2.05) is 6.92 Å². The molecule has 0 heterocycles. The maximum atomic E-state index is 12.0. The SMILES string of the molecule is COc1ccc(C(=O)O)cc1NC(=O)NC(C)C1CCC1. The number of amides is 2. The Hall–Kier alpha value is -2.24. The van der Waals surface area contributed by atoms with Gasteiger partial charge in [0, 0.05) is 6.04 Å². The Morgan fingerprint density at radius 1 is 1.38 bits per heavy atom. The van der Waals surface area contributed by atoms with Gasteiger partial charge < -0.3 is 20.5 Å². The number of hydrogen-bond acceptors (Lipinski definition) is 3. The normalized spacial score (nSPS) is 15.7. The molecule has 1 aromatic rings. The molecule has 1 saturated carbocycles. The number of ether oxygens (including phenoxy) is 1. The Kier molecular flexibility index (Phi) is 4.67. The topological polar surface area (TPSA) is 87.7 Å². The quantitative estimate of drug-likeness (QED) is 0.778. The second-order valence-electron chi connectivity index (χ2n) is 5.30. The lowest BCUT2D eigenvalue weighted by Crippen LogP contribution is -2.42. The molecule has 6 nitrogen and oxygen atoms in total. The maximum absolute atomic E-state index is 12.0. The zero-order chi connectivity index (χ0) is 15.4. The number of benzene rings is 1. The molecule has 0 aromatic heterocycles. The lowest BCUT2D eigenvalue weighted by atomic mass is 9.80. The number of carboxylic acids is 1. The van der Waals surface area contributed by atoms with Crippen LogP contribution in [0.1, 0.15) is 36.5 Å². The van der Waals surface area contributed by atoms with Crippen molar-refractivity contribution in [2.75, 3.05) is 12.4 Å². The van der Waals surface area contributed by atoms with Crippen LogP contribution in [0.4, 0.5) is 10.5 Å². The Bertz CT molecular complexity index is 540. The van der Waals surface area contributed by atoms with Gasteiger partial charge in [-0.1, -0.05) is 6.42 Å². The lowest BCUT2D eigenvalue weighted by Gasteiger charge is -2.31. The minimum Gasteiger partial charge on any atom is -0.495 e. The van der Waals surface area contributed by atoms with Crippen LogP contribution in [0, 0.1) is 5.92 Å². The van der Waals surface area contributed by atoms with E-state index < -0.39 is 5.97 Å². The number of carboxylic acid groups (broad SMARTS) is 1. The van der Waals surface area contributed by atoms with Crippen molar-refractivity contribution in [2.24, 2.45) is 5.92 Å². The third-order valence-corrected chi connectivity index (χ3v) is 3.91. The second kappa shape index (κ2) is 6.47.